The Balaban J connectivity index is 1.40. The summed E-state index contributed by atoms with van der Waals surface area (Å²) in [5.74, 6) is 1.60. The highest BCUT2D eigenvalue weighted by Gasteiger charge is 2.22. The van der Waals surface area contributed by atoms with Crippen molar-refractivity contribution in [2.75, 3.05) is 24.6 Å². The van der Waals surface area contributed by atoms with E-state index in [4.69, 9.17) is 4.74 Å². The van der Waals surface area contributed by atoms with Gasteiger partial charge in [0.15, 0.2) is 0 Å². The predicted molar refractivity (Wildman–Crippen MR) is 101 cm³/mol. The summed E-state index contributed by atoms with van der Waals surface area (Å²) in [6.07, 6.45) is 4.07. The number of para-hydroxylation sites is 1. The number of ether oxygens (including phenoxy) is 1. The highest BCUT2D eigenvalue weighted by Crippen LogP contribution is 2.27. The molecule has 1 aliphatic heterocycles. The zero-order valence-corrected chi connectivity index (χ0v) is 14.3. The van der Waals surface area contributed by atoms with Crippen molar-refractivity contribution in [3.05, 3.63) is 66.5 Å². The summed E-state index contributed by atoms with van der Waals surface area (Å²) >= 11 is 0. The van der Waals surface area contributed by atoms with E-state index in [0.29, 0.717) is 12.5 Å². The third kappa shape index (κ3) is 3.80. The van der Waals surface area contributed by atoms with Crippen LogP contribution >= 0.6 is 0 Å². The molecule has 2 heterocycles. The van der Waals surface area contributed by atoms with E-state index in [1.54, 1.807) is 6.33 Å². The third-order valence-electron chi connectivity index (χ3n) is 4.81. The molecule has 1 aromatic heterocycles. The fraction of sp³-hybridized carbons (Fsp3) is 0.333. The van der Waals surface area contributed by atoms with E-state index in [1.807, 2.05) is 18.2 Å². The Hall–Kier alpha value is -2.46. The quantitative estimate of drug-likeness (QED) is 0.706. The zero-order chi connectivity index (χ0) is 16.9. The Bertz CT molecular complexity index is 816. The van der Waals surface area contributed by atoms with Crippen LogP contribution in [0.25, 0.3) is 10.9 Å². The fourth-order valence-electron chi connectivity index (χ4n) is 3.55. The first-order chi connectivity index (χ1) is 12.4. The van der Waals surface area contributed by atoms with Gasteiger partial charge in [-0.05, 0) is 36.5 Å². The lowest BCUT2D eigenvalue weighted by atomic mass is 9.98. The Morgan fingerprint density at radius 1 is 1.00 bits per heavy atom. The molecular weight excluding hydrogens is 310 g/mol. The first kappa shape index (κ1) is 16.0. The molecule has 4 nitrogen and oxygen atoms in total. The molecular formula is C21H23N3O. The van der Waals surface area contributed by atoms with Crippen LogP contribution in [-0.4, -0.2) is 29.7 Å². The van der Waals surface area contributed by atoms with Crippen LogP contribution in [0.3, 0.4) is 0 Å². The van der Waals surface area contributed by atoms with E-state index in [2.05, 4.69) is 51.3 Å². The average Bonchev–Trinajstić information content (AvgIpc) is 2.69. The van der Waals surface area contributed by atoms with Gasteiger partial charge in [-0.3, -0.25) is 0 Å². The van der Waals surface area contributed by atoms with E-state index in [-0.39, 0.29) is 0 Å². The molecule has 3 aromatic rings. The zero-order valence-electron chi connectivity index (χ0n) is 14.3. The standard InChI is InChI=1S/C21H23N3O/c1-2-7-17(8-3-1)14-25-15-18-9-6-12-24(13-18)21-19-10-4-5-11-20(19)22-16-23-21/h1-5,7-8,10-11,16,18H,6,9,12-15H2. The molecule has 4 rings (SSSR count). The van der Waals surface area contributed by atoms with Crippen LogP contribution in [0.2, 0.25) is 0 Å². The predicted octanol–water partition coefficient (Wildman–Crippen LogP) is 4.06. The van der Waals surface area contributed by atoms with Gasteiger partial charge in [-0.1, -0.05) is 42.5 Å². The molecule has 0 N–H and O–H groups in total. The third-order valence-corrected chi connectivity index (χ3v) is 4.81. The van der Waals surface area contributed by atoms with E-state index in [1.165, 1.54) is 18.4 Å². The van der Waals surface area contributed by atoms with Crippen molar-refractivity contribution in [3.63, 3.8) is 0 Å². The molecule has 0 spiro atoms. The normalized spacial score (nSPS) is 17.8. The average molecular weight is 333 g/mol. The van der Waals surface area contributed by atoms with E-state index in [0.717, 1.165) is 36.4 Å². The van der Waals surface area contributed by atoms with Gasteiger partial charge in [-0.25, -0.2) is 9.97 Å². The van der Waals surface area contributed by atoms with Gasteiger partial charge in [0.05, 0.1) is 18.7 Å². The fourth-order valence-corrected chi connectivity index (χ4v) is 3.55. The van der Waals surface area contributed by atoms with E-state index in [9.17, 15) is 0 Å². The van der Waals surface area contributed by atoms with Gasteiger partial charge in [-0.2, -0.15) is 0 Å². The number of hydrogen-bond acceptors (Lipinski definition) is 4. The highest BCUT2D eigenvalue weighted by molar-refractivity contribution is 5.89. The molecule has 0 amide bonds. The molecule has 4 heteroatoms. The molecule has 2 aromatic carbocycles. The second-order valence-electron chi connectivity index (χ2n) is 6.67. The Labute approximate surface area is 148 Å². The van der Waals surface area contributed by atoms with Gasteiger partial charge in [-0.15, -0.1) is 0 Å². The molecule has 0 saturated carbocycles. The van der Waals surface area contributed by atoms with Gasteiger partial charge >= 0.3 is 0 Å². The highest BCUT2D eigenvalue weighted by atomic mass is 16.5. The van der Waals surface area contributed by atoms with Crippen LogP contribution in [0.15, 0.2) is 60.9 Å². The molecule has 0 radical (unpaired) electrons. The van der Waals surface area contributed by atoms with Crippen molar-refractivity contribution in [1.82, 2.24) is 9.97 Å². The largest absolute Gasteiger partial charge is 0.376 e. The summed E-state index contributed by atoms with van der Waals surface area (Å²) < 4.78 is 5.97. The topological polar surface area (TPSA) is 38.2 Å². The maximum absolute atomic E-state index is 5.97. The number of fused-ring (bicyclic) bond motifs is 1. The molecule has 25 heavy (non-hydrogen) atoms. The lowest BCUT2D eigenvalue weighted by Gasteiger charge is -2.34. The van der Waals surface area contributed by atoms with Crippen molar-refractivity contribution in [1.29, 1.82) is 0 Å². The molecule has 0 bridgehead atoms. The number of benzene rings is 2. The summed E-state index contributed by atoms with van der Waals surface area (Å²) in [7, 11) is 0. The summed E-state index contributed by atoms with van der Waals surface area (Å²) in [4.78, 5) is 11.3. The van der Waals surface area contributed by atoms with Crippen molar-refractivity contribution < 1.29 is 4.74 Å². The first-order valence-electron chi connectivity index (χ1n) is 8.96. The molecule has 1 aliphatic rings. The second kappa shape index (κ2) is 7.62. The SMILES string of the molecule is c1ccc(COCC2CCCN(c3ncnc4ccccc34)C2)cc1. The summed E-state index contributed by atoms with van der Waals surface area (Å²) in [5.41, 5.74) is 2.24. The summed E-state index contributed by atoms with van der Waals surface area (Å²) in [6.45, 7) is 3.54. The number of hydrogen-bond donors (Lipinski definition) is 0. The van der Waals surface area contributed by atoms with Gasteiger partial charge in [0, 0.05) is 18.5 Å². The van der Waals surface area contributed by atoms with Gasteiger partial charge < -0.3 is 9.64 Å². The number of nitrogens with zero attached hydrogens (tertiary/aromatic N) is 3. The summed E-state index contributed by atoms with van der Waals surface area (Å²) in [5, 5.41) is 1.14. The smallest absolute Gasteiger partial charge is 0.139 e. The van der Waals surface area contributed by atoms with Gasteiger partial charge in [0.25, 0.3) is 0 Å². The molecule has 1 unspecified atom stereocenters. The van der Waals surface area contributed by atoms with E-state index >= 15 is 0 Å². The molecule has 1 fully saturated rings. The van der Waals surface area contributed by atoms with Gasteiger partial charge in [0.2, 0.25) is 0 Å². The van der Waals surface area contributed by atoms with Crippen molar-refractivity contribution in [3.8, 4) is 0 Å². The van der Waals surface area contributed by atoms with Crippen LogP contribution in [-0.2, 0) is 11.3 Å². The Morgan fingerprint density at radius 3 is 2.76 bits per heavy atom. The number of aromatic nitrogens is 2. The number of anilines is 1. The second-order valence-corrected chi connectivity index (χ2v) is 6.67. The first-order valence-corrected chi connectivity index (χ1v) is 8.96. The lowest BCUT2D eigenvalue weighted by molar-refractivity contribution is 0.0816. The van der Waals surface area contributed by atoms with E-state index < -0.39 is 0 Å². The van der Waals surface area contributed by atoms with Crippen molar-refractivity contribution in [2.45, 2.75) is 19.4 Å². The number of piperidine rings is 1. The monoisotopic (exact) mass is 333 g/mol. The molecule has 1 saturated heterocycles. The summed E-state index contributed by atoms with van der Waals surface area (Å²) in [6, 6.07) is 18.6. The number of rotatable bonds is 5. The molecule has 0 aliphatic carbocycles. The molecule has 128 valence electrons. The van der Waals surface area contributed by atoms with Crippen molar-refractivity contribution >= 4 is 16.7 Å². The maximum atomic E-state index is 5.97. The van der Waals surface area contributed by atoms with Crippen molar-refractivity contribution in [2.24, 2.45) is 5.92 Å². The minimum Gasteiger partial charge on any atom is -0.376 e. The molecule has 1 atom stereocenters. The van der Waals surface area contributed by atoms with Crippen LogP contribution < -0.4 is 4.90 Å². The Kier molecular flexibility index (Phi) is 4.89. The van der Waals surface area contributed by atoms with Crippen LogP contribution in [0.1, 0.15) is 18.4 Å². The van der Waals surface area contributed by atoms with Crippen LogP contribution in [0.4, 0.5) is 5.82 Å². The van der Waals surface area contributed by atoms with Crippen LogP contribution in [0.5, 0.6) is 0 Å². The lowest BCUT2D eigenvalue weighted by Crippen LogP contribution is -2.37. The minimum atomic E-state index is 0.547. The van der Waals surface area contributed by atoms with Gasteiger partial charge in [0.1, 0.15) is 12.1 Å². The maximum Gasteiger partial charge on any atom is 0.139 e. The van der Waals surface area contributed by atoms with Crippen LogP contribution in [0, 0.1) is 5.92 Å². The minimum absolute atomic E-state index is 0.547. The Morgan fingerprint density at radius 2 is 1.84 bits per heavy atom.